The molecule has 2 saturated carbocycles. The molecule has 5 nitrogen and oxygen atoms in total. The number of hydrogen-bond acceptors (Lipinski definition) is 4. The Morgan fingerprint density at radius 1 is 1.08 bits per heavy atom. The van der Waals surface area contributed by atoms with Gasteiger partial charge >= 0.3 is 0 Å². The minimum absolute atomic E-state index is 0.0115. The van der Waals surface area contributed by atoms with Gasteiger partial charge in [-0.05, 0) is 56.3 Å². The summed E-state index contributed by atoms with van der Waals surface area (Å²) < 4.78 is 5.98. The van der Waals surface area contributed by atoms with Crippen LogP contribution in [0.2, 0.25) is 0 Å². The van der Waals surface area contributed by atoms with Gasteiger partial charge in [-0.25, -0.2) is 0 Å². The van der Waals surface area contributed by atoms with Gasteiger partial charge in [0, 0.05) is 18.9 Å². The molecule has 1 amide bonds. The van der Waals surface area contributed by atoms with Crippen molar-refractivity contribution in [1.29, 1.82) is 0 Å². The van der Waals surface area contributed by atoms with Crippen LogP contribution >= 0.6 is 0 Å². The molecule has 0 spiro atoms. The summed E-state index contributed by atoms with van der Waals surface area (Å²) in [6, 6.07) is -0.0115. The Balaban J connectivity index is 1.47. The number of amides is 1. The molecule has 0 radical (unpaired) electrons. The highest BCUT2D eigenvalue weighted by Gasteiger charge is 2.41. The van der Waals surface area contributed by atoms with E-state index >= 15 is 0 Å². The standard InChI is InChI=1S/C19H29N3O2/c1-19(2,14-9-10-14)12-16(23)22-11-4-3-8-15(22)18-21-20-17(24-18)13-6-5-7-13/h13-15H,3-12H2,1-2H3. The Kier molecular flexibility index (Phi) is 4.13. The highest BCUT2D eigenvalue weighted by atomic mass is 16.4. The third-order valence-corrected chi connectivity index (χ3v) is 6.31. The molecule has 0 aromatic carbocycles. The normalized spacial score (nSPS) is 25.6. The molecule has 1 aromatic heterocycles. The van der Waals surface area contributed by atoms with Crippen molar-refractivity contribution in [3.8, 4) is 0 Å². The molecule has 0 N–H and O–H groups in total. The first-order chi connectivity index (χ1) is 11.5. The molecular formula is C19H29N3O2. The smallest absolute Gasteiger partial charge is 0.238 e. The van der Waals surface area contributed by atoms with Crippen molar-refractivity contribution in [3.63, 3.8) is 0 Å². The third-order valence-electron chi connectivity index (χ3n) is 6.31. The maximum absolute atomic E-state index is 13.0. The van der Waals surface area contributed by atoms with Crippen molar-refractivity contribution in [2.75, 3.05) is 6.54 Å². The number of likely N-dealkylation sites (tertiary alicyclic amines) is 1. The summed E-state index contributed by atoms with van der Waals surface area (Å²) in [6.07, 6.45) is 9.91. The summed E-state index contributed by atoms with van der Waals surface area (Å²) in [5.74, 6) is 2.88. The van der Waals surface area contributed by atoms with Gasteiger partial charge in [0.05, 0.1) is 0 Å². The summed E-state index contributed by atoms with van der Waals surface area (Å²) >= 11 is 0. The van der Waals surface area contributed by atoms with Gasteiger partial charge in [-0.2, -0.15) is 0 Å². The summed E-state index contributed by atoms with van der Waals surface area (Å²) in [4.78, 5) is 15.0. The fourth-order valence-electron chi connectivity index (χ4n) is 4.19. The number of rotatable bonds is 5. The van der Waals surface area contributed by atoms with Crippen molar-refractivity contribution in [2.45, 2.75) is 83.6 Å². The first-order valence-electron chi connectivity index (χ1n) is 9.67. The lowest BCUT2D eigenvalue weighted by molar-refractivity contribution is -0.138. The van der Waals surface area contributed by atoms with E-state index in [1.807, 2.05) is 4.90 Å². The van der Waals surface area contributed by atoms with Gasteiger partial charge in [-0.1, -0.05) is 20.3 Å². The van der Waals surface area contributed by atoms with Crippen LogP contribution in [0.15, 0.2) is 4.42 Å². The van der Waals surface area contributed by atoms with E-state index in [4.69, 9.17) is 4.42 Å². The van der Waals surface area contributed by atoms with Crippen LogP contribution in [0.1, 0.15) is 95.4 Å². The van der Waals surface area contributed by atoms with Crippen molar-refractivity contribution in [3.05, 3.63) is 11.8 Å². The lowest BCUT2D eigenvalue weighted by Crippen LogP contribution is -2.40. The van der Waals surface area contributed by atoms with Crippen LogP contribution in [0.3, 0.4) is 0 Å². The lowest BCUT2D eigenvalue weighted by Gasteiger charge is -2.36. The minimum Gasteiger partial charge on any atom is -0.423 e. The predicted octanol–water partition coefficient (Wildman–Crippen LogP) is 4.22. The molecule has 24 heavy (non-hydrogen) atoms. The molecule has 2 heterocycles. The van der Waals surface area contributed by atoms with E-state index in [1.165, 1.54) is 19.3 Å². The average molecular weight is 331 g/mol. The highest BCUT2D eigenvalue weighted by Crippen LogP contribution is 2.48. The fraction of sp³-hybridized carbons (Fsp3) is 0.842. The number of carbonyl (C=O) groups is 1. The van der Waals surface area contributed by atoms with Gasteiger partial charge in [0.2, 0.25) is 17.7 Å². The SMILES string of the molecule is CC(C)(CC(=O)N1CCCCC1c1nnc(C2CCC2)o1)C1CC1. The molecule has 3 aliphatic rings. The van der Waals surface area contributed by atoms with Gasteiger partial charge in [0.25, 0.3) is 0 Å². The summed E-state index contributed by atoms with van der Waals surface area (Å²) in [6.45, 7) is 5.30. The highest BCUT2D eigenvalue weighted by molar-refractivity contribution is 5.77. The maximum Gasteiger partial charge on any atom is 0.238 e. The Hall–Kier alpha value is -1.39. The van der Waals surface area contributed by atoms with Crippen LogP contribution in [0, 0.1) is 11.3 Å². The van der Waals surface area contributed by atoms with Crippen LogP contribution in [0.4, 0.5) is 0 Å². The van der Waals surface area contributed by atoms with Gasteiger partial charge < -0.3 is 9.32 Å². The molecule has 4 rings (SSSR count). The molecule has 3 fully saturated rings. The Labute approximate surface area is 144 Å². The first-order valence-corrected chi connectivity index (χ1v) is 9.67. The van der Waals surface area contributed by atoms with Crippen LogP contribution < -0.4 is 0 Å². The van der Waals surface area contributed by atoms with E-state index in [2.05, 4.69) is 24.0 Å². The fourth-order valence-corrected chi connectivity index (χ4v) is 4.19. The van der Waals surface area contributed by atoms with Crippen molar-refractivity contribution in [1.82, 2.24) is 15.1 Å². The maximum atomic E-state index is 13.0. The molecule has 1 unspecified atom stereocenters. The topological polar surface area (TPSA) is 59.2 Å². The lowest BCUT2D eigenvalue weighted by atomic mass is 9.83. The van der Waals surface area contributed by atoms with Crippen molar-refractivity contribution < 1.29 is 9.21 Å². The molecule has 1 saturated heterocycles. The zero-order valence-corrected chi connectivity index (χ0v) is 15.0. The van der Waals surface area contributed by atoms with E-state index < -0.39 is 0 Å². The molecule has 2 aliphatic carbocycles. The van der Waals surface area contributed by atoms with E-state index in [1.54, 1.807) is 0 Å². The van der Waals surface area contributed by atoms with Crippen molar-refractivity contribution in [2.24, 2.45) is 11.3 Å². The number of carbonyl (C=O) groups excluding carboxylic acids is 1. The van der Waals surface area contributed by atoms with Gasteiger partial charge in [0.15, 0.2) is 0 Å². The molecule has 132 valence electrons. The molecule has 1 aromatic rings. The molecule has 0 bridgehead atoms. The average Bonchev–Trinajstić information content (AvgIpc) is 3.27. The van der Waals surface area contributed by atoms with E-state index in [9.17, 15) is 4.79 Å². The predicted molar refractivity (Wildman–Crippen MR) is 90.3 cm³/mol. The van der Waals surface area contributed by atoms with Gasteiger partial charge in [-0.15, -0.1) is 10.2 Å². The summed E-state index contributed by atoms with van der Waals surface area (Å²) in [7, 11) is 0. The summed E-state index contributed by atoms with van der Waals surface area (Å²) in [5, 5.41) is 8.57. The van der Waals surface area contributed by atoms with E-state index in [0.29, 0.717) is 18.2 Å². The van der Waals surface area contributed by atoms with Crippen LogP contribution in [0.25, 0.3) is 0 Å². The Morgan fingerprint density at radius 3 is 2.50 bits per heavy atom. The second-order valence-corrected chi connectivity index (χ2v) is 8.64. The Bertz CT molecular complexity index is 602. The second-order valence-electron chi connectivity index (χ2n) is 8.64. The second kappa shape index (κ2) is 6.16. The van der Waals surface area contributed by atoms with Gasteiger partial charge in [0.1, 0.15) is 6.04 Å². The quantitative estimate of drug-likeness (QED) is 0.810. The number of aromatic nitrogens is 2. The van der Waals surface area contributed by atoms with E-state index in [-0.39, 0.29) is 17.4 Å². The number of piperidine rings is 1. The van der Waals surface area contributed by atoms with E-state index in [0.717, 1.165) is 50.5 Å². The number of hydrogen-bond donors (Lipinski definition) is 0. The van der Waals surface area contributed by atoms with Gasteiger partial charge in [-0.3, -0.25) is 4.79 Å². The minimum atomic E-state index is -0.0115. The zero-order valence-electron chi connectivity index (χ0n) is 15.0. The molecule has 5 heteroatoms. The van der Waals surface area contributed by atoms with Crippen LogP contribution in [-0.4, -0.2) is 27.5 Å². The molecular weight excluding hydrogens is 302 g/mol. The zero-order chi connectivity index (χ0) is 16.7. The third kappa shape index (κ3) is 3.09. The Morgan fingerprint density at radius 2 is 1.83 bits per heavy atom. The van der Waals surface area contributed by atoms with Crippen LogP contribution in [0.5, 0.6) is 0 Å². The summed E-state index contributed by atoms with van der Waals surface area (Å²) in [5.41, 5.74) is 0.116. The first kappa shape index (κ1) is 16.1. The van der Waals surface area contributed by atoms with Crippen LogP contribution in [-0.2, 0) is 4.79 Å². The number of nitrogens with zero attached hydrogens (tertiary/aromatic N) is 3. The monoisotopic (exact) mass is 331 g/mol. The molecule has 1 aliphatic heterocycles. The molecule has 1 atom stereocenters. The van der Waals surface area contributed by atoms with Crippen molar-refractivity contribution >= 4 is 5.91 Å². The largest absolute Gasteiger partial charge is 0.423 e.